The van der Waals surface area contributed by atoms with E-state index in [0.717, 1.165) is 23.0 Å². The first-order chi connectivity index (χ1) is 5.76. The van der Waals surface area contributed by atoms with E-state index in [2.05, 4.69) is 27.3 Å². The lowest BCUT2D eigenvalue weighted by molar-refractivity contribution is -0.135. The van der Waals surface area contributed by atoms with Crippen molar-refractivity contribution in [3.8, 4) is 0 Å². The van der Waals surface area contributed by atoms with E-state index in [1.807, 2.05) is 0 Å². The number of ether oxygens (including phenoxy) is 2. The summed E-state index contributed by atoms with van der Waals surface area (Å²) in [5.41, 5.74) is 0. The first kappa shape index (κ1) is 9.83. The molecule has 4 heteroatoms. The van der Waals surface area contributed by atoms with Crippen molar-refractivity contribution < 1.29 is 14.3 Å². The average molecular weight is 282 g/mol. The van der Waals surface area contributed by atoms with Crippen molar-refractivity contribution in [2.75, 3.05) is 11.5 Å². The fourth-order valence-electron chi connectivity index (χ4n) is 1.04. The fourth-order valence-corrected chi connectivity index (χ4v) is 1.66. The maximum Gasteiger partial charge on any atom is 0.333 e. The molecule has 1 heterocycles. The maximum atomic E-state index is 10.8. The van der Waals surface area contributed by atoms with Crippen molar-refractivity contribution in [2.24, 2.45) is 0 Å². The van der Waals surface area contributed by atoms with Gasteiger partial charge in [-0.2, -0.15) is 0 Å². The Bertz CT molecular complexity index is 200. The molecule has 0 aromatic heterocycles. The summed E-state index contributed by atoms with van der Waals surface area (Å²) in [5.74, 6) is 0.419. The molecule has 0 aromatic carbocycles. The fraction of sp³-hybridized carbons (Fsp3) is 0.625. The van der Waals surface area contributed by atoms with Crippen LogP contribution in [0.1, 0.15) is 12.8 Å². The van der Waals surface area contributed by atoms with Gasteiger partial charge >= 0.3 is 5.97 Å². The van der Waals surface area contributed by atoms with Crippen LogP contribution in [0.5, 0.6) is 0 Å². The highest BCUT2D eigenvalue weighted by atomic mass is 127. The molecule has 0 aromatic rings. The second kappa shape index (κ2) is 4.69. The molecule has 1 rings (SSSR count). The summed E-state index contributed by atoms with van der Waals surface area (Å²) < 4.78 is 10.9. The predicted molar refractivity (Wildman–Crippen MR) is 53.1 cm³/mol. The number of hydrogen-bond acceptors (Lipinski definition) is 3. The highest BCUT2D eigenvalue weighted by Gasteiger charge is 2.19. The van der Waals surface area contributed by atoms with Crippen LogP contribution in [0, 0.1) is 0 Å². The lowest BCUT2D eigenvalue weighted by atomic mass is 10.2. The third-order valence-corrected chi connectivity index (χ3v) is 2.67. The van der Waals surface area contributed by atoms with Gasteiger partial charge in [-0.1, -0.05) is 22.6 Å². The molecule has 0 amide bonds. The van der Waals surface area contributed by atoms with Gasteiger partial charge in [-0.05, 0) is 6.42 Å². The molecular formula is C8H11IO3. The van der Waals surface area contributed by atoms with Gasteiger partial charge in [-0.15, -0.1) is 0 Å². The van der Waals surface area contributed by atoms with Gasteiger partial charge in [0.25, 0.3) is 0 Å². The molecule has 1 unspecified atom stereocenters. The molecule has 12 heavy (non-hydrogen) atoms. The van der Waals surface area contributed by atoms with Crippen LogP contribution in [0.15, 0.2) is 11.8 Å². The Kier molecular flexibility index (Phi) is 3.84. The first-order valence-electron chi connectivity index (χ1n) is 3.77. The van der Waals surface area contributed by atoms with Gasteiger partial charge in [0.05, 0.1) is 13.2 Å². The number of hydrogen-bond donors (Lipinski definition) is 0. The quantitative estimate of drug-likeness (QED) is 0.334. The molecule has 1 saturated heterocycles. The zero-order chi connectivity index (χ0) is 8.97. The van der Waals surface area contributed by atoms with Crippen LogP contribution in [-0.4, -0.2) is 23.6 Å². The highest BCUT2D eigenvalue weighted by Crippen LogP contribution is 2.24. The third-order valence-electron chi connectivity index (χ3n) is 1.68. The van der Waals surface area contributed by atoms with Gasteiger partial charge in [0.1, 0.15) is 11.9 Å². The average Bonchev–Trinajstić information content (AvgIpc) is 2.52. The second-order valence-corrected chi connectivity index (χ2v) is 3.45. The van der Waals surface area contributed by atoms with E-state index in [1.54, 1.807) is 0 Å². The monoisotopic (exact) mass is 282 g/mol. The standard InChI is InChI=1S/C8H11IO3/c1-11-8(10)4-6-2-3-7(5-9)12-6/h4,7H,2-3,5H2,1H3/b6-4+. The van der Waals surface area contributed by atoms with Crippen LogP contribution >= 0.6 is 22.6 Å². The van der Waals surface area contributed by atoms with E-state index in [1.165, 1.54) is 13.2 Å². The van der Waals surface area contributed by atoms with E-state index in [0.29, 0.717) is 0 Å². The Morgan fingerprint density at radius 2 is 2.67 bits per heavy atom. The van der Waals surface area contributed by atoms with Gasteiger partial charge in [-0.25, -0.2) is 4.79 Å². The lowest BCUT2D eigenvalue weighted by Gasteiger charge is -2.05. The summed E-state index contributed by atoms with van der Waals surface area (Å²) in [4.78, 5) is 10.8. The molecule has 1 aliphatic rings. The third kappa shape index (κ3) is 2.66. The van der Waals surface area contributed by atoms with E-state index in [-0.39, 0.29) is 12.1 Å². The number of allylic oxidation sites excluding steroid dienone is 1. The first-order valence-corrected chi connectivity index (χ1v) is 5.30. The topological polar surface area (TPSA) is 35.5 Å². The normalized spacial score (nSPS) is 25.5. The highest BCUT2D eigenvalue weighted by molar-refractivity contribution is 14.1. The SMILES string of the molecule is COC(=O)/C=C1\CCC(CI)O1. The van der Waals surface area contributed by atoms with Crippen molar-refractivity contribution in [3.05, 3.63) is 11.8 Å². The minimum Gasteiger partial charge on any atom is -0.494 e. The van der Waals surface area contributed by atoms with E-state index in [4.69, 9.17) is 4.74 Å². The van der Waals surface area contributed by atoms with Crippen LogP contribution in [0.4, 0.5) is 0 Å². The molecule has 0 aliphatic carbocycles. The van der Waals surface area contributed by atoms with Crippen molar-refractivity contribution in [2.45, 2.75) is 18.9 Å². The molecule has 1 aliphatic heterocycles. The number of carbonyl (C=O) groups is 1. The summed E-state index contributed by atoms with van der Waals surface area (Å²) in [6.07, 6.45) is 3.56. The summed E-state index contributed by atoms with van der Waals surface area (Å²) in [6, 6.07) is 0. The summed E-state index contributed by atoms with van der Waals surface area (Å²) >= 11 is 2.27. The molecule has 0 spiro atoms. The number of halogens is 1. The molecule has 0 bridgehead atoms. The number of methoxy groups -OCH3 is 1. The van der Waals surface area contributed by atoms with Gasteiger partial charge in [0.2, 0.25) is 0 Å². The molecule has 0 radical (unpaired) electrons. The van der Waals surface area contributed by atoms with Crippen LogP contribution in [0.3, 0.4) is 0 Å². The van der Waals surface area contributed by atoms with Gasteiger partial charge < -0.3 is 9.47 Å². The minimum atomic E-state index is -0.334. The van der Waals surface area contributed by atoms with Crippen molar-refractivity contribution in [1.82, 2.24) is 0 Å². The van der Waals surface area contributed by atoms with Gasteiger partial charge in [-0.3, -0.25) is 0 Å². The number of rotatable bonds is 2. The zero-order valence-electron chi connectivity index (χ0n) is 6.88. The minimum absolute atomic E-state index is 0.279. The van der Waals surface area contributed by atoms with Crippen molar-refractivity contribution >= 4 is 28.6 Å². The maximum absolute atomic E-state index is 10.8. The zero-order valence-corrected chi connectivity index (χ0v) is 9.04. The van der Waals surface area contributed by atoms with E-state index >= 15 is 0 Å². The van der Waals surface area contributed by atoms with Crippen LogP contribution < -0.4 is 0 Å². The number of alkyl halides is 1. The Hall–Kier alpha value is -0.260. The Morgan fingerprint density at radius 3 is 3.17 bits per heavy atom. The van der Waals surface area contributed by atoms with E-state index < -0.39 is 0 Å². The summed E-state index contributed by atoms with van der Waals surface area (Å²) in [5, 5.41) is 0. The van der Waals surface area contributed by atoms with Crippen molar-refractivity contribution in [3.63, 3.8) is 0 Å². The second-order valence-electron chi connectivity index (χ2n) is 2.57. The molecule has 0 N–H and O–H groups in total. The largest absolute Gasteiger partial charge is 0.494 e. The Balaban J connectivity index is 2.45. The van der Waals surface area contributed by atoms with Crippen LogP contribution in [-0.2, 0) is 14.3 Å². The van der Waals surface area contributed by atoms with E-state index in [9.17, 15) is 4.79 Å². The number of esters is 1. The molecular weight excluding hydrogens is 271 g/mol. The van der Waals surface area contributed by atoms with Gasteiger partial charge in [0, 0.05) is 10.8 Å². The molecule has 68 valence electrons. The van der Waals surface area contributed by atoms with Gasteiger partial charge in [0.15, 0.2) is 0 Å². The number of carbonyl (C=O) groups excluding carboxylic acids is 1. The smallest absolute Gasteiger partial charge is 0.333 e. The van der Waals surface area contributed by atoms with Crippen LogP contribution in [0.25, 0.3) is 0 Å². The molecule has 3 nitrogen and oxygen atoms in total. The molecule has 1 fully saturated rings. The molecule has 1 atom stereocenters. The summed E-state index contributed by atoms with van der Waals surface area (Å²) in [7, 11) is 1.37. The Labute approximate surface area is 85.2 Å². The predicted octanol–water partition coefficient (Wildman–Crippen LogP) is 1.66. The van der Waals surface area contributed by atoms with Crippen LogP contribution in [0.2, 0.25) is 0 Å². The molecule has 0 saturated carbocycles. The van der Waals surface area contributed by atoms with Crippen molar-refractivity contribution in [1.29, 1.82) is 0 Å². The Morgan fingerprint density at radius 1 is 1.92 bits per heavy atom. The lowest BCUT2D eigenvalue weighted by Crippen LogP contribution is -2.05. The summed E-state index contributed by atoms with van der Waals surface area (Å²) in [6.45, 7) is 0.